The number of para-hydroxylation sites is 1. The number of aromatic nitrogens is 3. The molecule has 0 atom stereocenters. The Morgan fingerprint density at radius 1 is 1.00 bits per heavy atom. The minimum absolute atomic E-state index is 0.175. The number of hydrogen-bond acceptors (Lipinski definition) is 4. The molecule has 0 spiro atoms. The van der Waals surface area contributed by atoms with Crippen molar-refractivity contribution in [1.82, 2.24) is 13.7 Å². The lowest BCUT2D eigenvalue weighted by Gasteiger charge is -2.19. The summed E-state index contributed by atoms with van der Waals surface area (Å²) in [6, 6.07) is 17.1. The molecule has 1 N–H and O–H groups in total. The fourth-order valence-electron chi connectivity index (χ4n) is 3.84. The molecule has 4 aromatic rings. The van der Waals surface area contributed by atoms with Crippen molar-refractivity contribution < 1.29 is 0 Å². The van der Waals surface area contributed by atoms with Crippen LogP contribution in [0.4, 0.5) is 11.4 Å². The van der Waals surface area contributed by atoms with Gasteiger partial charge in [0, 0.05) is 29.5 Å². The lowest BCUT2D eigenvalue weighted by molar-refractivity contribution is 0.789. The molecular formula is C27H23ClN4O3. The third-order valence-electron chi connectivity index (χ3n) is 5.48. The quantitative estimate of drug-likeness (QED) is 0.395. The maximum absolute atomic E-state index is 13.8. The molecule has 8 heteroatoms. The zero-order valence-corrected chi connectivity index (χ0v) is 20.0. The molecule has 2 aromatic carbocycles. The van der Waals surface area contributed by atoms with Crippen molar-refractivity contribution in [2.24, 2.45) is 7.05 Å². The predicted molar refractivity (Wildman–Crippen MR) is 143 cm³/mol. The summed E-state index contributed by atoms with van der Waals surface area (Å²) < 4.78 is 3.77. The summed E-state index contributed by atoms with van der Waals surface area (Å²) in [6.45, 7) is 5.31. The largest absolute Gasteiger partial charge is 0.355 e. The lowest BCUT2D eigenvalue weighted by Crippen LogP contribution is -2.41. The first-order valence-corrected chi connectivity index (χ1v) is 11.2. The van der Waals surface area contributed by atoms with E-state index in [1.807, 2.05) is 6.07 Å². The second kappa shape index (κ2) is 9.87. The van der Waals surface area contributed by atoms with E-state index in [0.717, 1.165) is 4.57 Å². The van der Waals surface area contributed by atoms with Crippen molar-refractivity contribution in [2.45, 2.75) is 6.92 Å². The van der Waals surface area contributed by atoms with E-state index in [0.29, 0.717) is 22.1 Å². The highest BCUT2D eigenvalue weighted by molar-refractivity contribution is 6.30. The van der Waals surface area contributed by atoms with Gasteiger partial charge in [0.2, 0.25) is 0 Å². The molecule has 0 radical (unpaired) electrons. The summed E-state index contributed by atoms with van der Waals surface area (Å²) in [5.74, 6) is 0. The van der Waals surface area contributed by atoms with Crippen molar-refractivity contribution in [1.29, 1.82) is 0 Å². The highest BCUT2D eigenvalue weighted by Gasteiger charge is 2.21. The van der Waals surface area contributed by atoms with Gasteiger partial charge in [-0.1, -0.05) is 60.7 Å². The second-order valence-electron chi connectivity index (χ2n) is 7.81. The summed E-state index contributed by atoms with van der Waals surface area (Å²) in [6.07, 6.45) is 6.63. The number of halogens is 1. The topological polar surface area (TPSA) is 78.0 Å². The third kappa shape index (κ3) is 4.54. The van der Waals surface area contributed by atoms with Crippen LogP contribution in [0.25, 0.3) is 22.4 Å². The Morgan fingerprint density at radius 2 is 1.74 bits per heavy atom. The molecule has 35 heavy (non-hydrogen) atoms. The lowest BCUT2D eigenvalue weighted by atomic mass is 10.2. The molecule has 0 bridgehead atoms. The Hall–Kier alpha value is -4.36. The van der Waals surface area contributed by atoms with Crippen LogP contribution in [-0.2, 0) is 7.05 Å². The fourth-order valence-corrected chi connectivity index (χ4v) is 4.03. The number of fused-ring (bicyclic) bond motifs is 1. The van der Waals surface area contributed by atoms with Crippen molar-refractivity contribution in [3.63, 3.8) is 0 Å². The van der Waals surface area contributed by atoms with Crippen LogP contribution in [0.3, 0.4) is 0 Å². The van der Waals surface area contributed by atoms with E-state index >= 15 is 0 Å². The smallest absolute Gasteiger partial charge is 0.341 e. The Morgan fingerprint density at radius 3 is 2.43 bits per heavy atom. The summed E-state index contributed by atoms with van der Waals surface area (Å²) in [7, 11) is 1.53. The standard InChI is InChI=1S/C27H23ClN4O3/c1-4-5-7-11-18(2)31-26(34)24-22(29-20-13-10-12-19(28)16-20)17-23(33)30(3)25(24)32(27(31)35)21-14-8-6-9-15-21/h4-17,29H,1H2,2-3H3/b7-5-,18-11+. The van der Waals surface area contributed by atoms with E-state index in [1.165, 1.54) is 22.2 Å². The molecule has 0 aliphatic heterocycles. The van der Waals surface area contributed by atoms with Crippen LogP contribution in [0.2, 0.25) is 5.02 Å². The average molecular weight is 487 g/mol. The molecule has 0 fully saturated rings. The van der Waals surface area contributed by atoms with Crippen LogP contribution in [0.1, 0.15) is 6.92 Å². The number of benzene rings is 2. The number of pyridine rings is 1. The van der Waals surface area contributed by atoms with E-state index in [1.54, 1.807) is 79.8 Å². The Labute approximate surface area is 206 Å². The van der Waals surface area contributed by atoms with Crippen LogP contribution in [0.5, 0.6) is 0 Å². The van der Waals surface area contributed by atoms with Gasteiger partial charge in [-0.15, -0.1) is 0 Å². The van der Waals surface area contributed by atoms with Gasteiger partial charge >= 0.3 is 5.69 Å². The number of aryl methyl sites for hydroxylation is 1. The molecule has 2 aromatic heterocycles. The van der Waals surface area contributed by atoms with Crippen molar-refractivity contribution in [2.75, 3.05) is 5.32 Å². The Balaban J connectivity index is 2.18. The first kappa shape index (κ1) is 23.8. The van der Waals surface area contributed by atoms with E-state index in [4.69, 9.17) is 11.6 Å². The van der Waals surface area contributed by atoms with Gasteiger partial charge < -0.3 is 5.32 Å². The van der Waals surface area contributed by atoms with Crippen LogP contribution < -0.4 is 22.1 Å². The summed E-state index contributed by atoms with van der Waals surface area (Å²) in [5.41, 5.74) is 0.425. The van der Waals surface area contributed by atoms with Crippen LogP contribution in [0, 0.1) is 0 Å². The minimum Gasteiger partial charge on any atom is -0.355 e. The minimum atomic E-state index is -0.593. The highest BCUT2D eigenvalue weighted by Crippen LogP contribution is 2.25. The first-order valence-electron chi connectivity index (χ1n) is 10.8. The number of nitrogens with one attached hydrogen (secondary N) is 1. The van der Waals surface area contributed by atoms with E-state index in [9.17, 15) is 14.4 Å². The third-order valence-corrected chi connectivity index (χ3v) is 5.71. The maximum atomic E-state index is 13.8. The predicted octanol–water partition coefficient (Wildman–Crippen LogP) is 4.85. The first-order chi connectivity index (χ1) is 16.8. The van der Waals surface area contributed by atoms with Gasteiger partial charge in [0.1, 0.15) is 11.0 Å². The van der Waals surface area contributed by atoms with Gasteiger partial charge in [0.15, 0.2) is 0 Å². The number of allylic oxidation sites excluding steroid dienone is 5. The zero-order chi connectivity index (χ0) is 25.1. The van der Waals surface area contributed by atoms with E-state index in [-0.39, 0.29) is 22.3 Å². The van der Waals surface area contributed by atoms with Gasteiger partial charge in [-0.3, -0.25) is 14.2 Å². The fraction of sp³-hybridized carbons (Fsp3) is 0.0741. The van der Waals surface area contributed by atoms with Crippen LogP contribution >= 0.6 is 11.6 Å². The van der Waals surface area contributed by atoms with Gasteiger partial charge in [-0.25, -0.2) is 13.9 Å². The molecule has 0 saturated heterocycles. The Bertz CT molecular complexity index is 1680. The Kier molecular flexibility index (Phi) is 6.71. The second-order valence-corrected chi connectivity index (χ2v) is 8.25. The summed E-state index contributed by atoms with van der Waals surface area (Å²) in [4.78, 5) is 40.5. The molecule has 0 aliphatic rings. The normalized spacial score (nSPS) is 11.8. The average Bonchev–Trinajstić information content (AvgIpc) is 2.83. The van der Waals surface area contributed by atoms with Crippen LogP contribution in [0.15, 0.2) is 106 Å². The molecule has 2 heterocycles. The number of rotatable bonds is 6. The van der Waals surface area contributed by atoms with Crippen molar-refractivity contribution >= 4 is 39.7 Å². The number of anilines is 2. The van der Waals surface area contributed by atoms with Gasteiger partial charge in [0.25, 0.3) is 11.1 Å². The molecule has 4 rings (SSSR count). The van der Waals surface area contributed by atoms with Gasteiger partial charge in [-0.2, -0.15) is 0 Å². The number of hydrogen-bond donors (Lipinski definition) is 1. The highest BCUT2D eigenvalue weighted by atomic mass is 35.5. The molecular weight excluding hydrogens is 464 g/mol. The molecule has 0 saturated carbocycles. The SMILES string of the molecule is C=C/C=C\C=C(/C)n1c(=O)c2c(Nc3cccc(Cl)c3)cc(=O)n(C)c2n(-c2ccccc2)c1=O. The molecule has 7 nitrogen and oxygen atoms in total. The van der Waals surface area contributed by atoms with Gasteiger partial charge in [0.05, 0.1) is 11.4 Å². The maximum Gasteiger partial charge on any atom is 0.341 e. The summed E-state index contributed by atoms with van der Waals surface area (Å²) in [5, 5.41) is 3.81. The van der Waals surface area contributed by atoms with Crippen LogP contribution in [-0.4, -0.2) is 13.7 Å². The molecule has 176 valence electrons. The van der Waals surface area contributed by atoms with Crippen molar-refractivity contribution in [3.05, 3.63) is 128 Å². The van der Waals surface area contributed by atoms with E-state index in [2.05, 4.69) is 11.9 Å². The summed E-state index contributed by atoms with van der Waals surface area (Å²) >= 11 is 6.13. The molecule has 0 aliphatic carbocycles. The monoisotopic (exact) mass is 486 g/mol. The zero-order valence-electron chi connectivity index (χ0n) is 19.2. The molecule has 0 amide bonds. The molecule has 0 unspecified atom stereocenters. The number of nitrogens with zero attached hydrogens (tertiary/aromatic N) is 3. The van der Waals surface area contributed by atoms with Gasteiger partial charge in [-0.05, 0) is 43.3 Å². The van der Waals surface area contributed by atoms with Crippen molar-refractivity contribution in [3.8, 4) is 5.69 Å². The van der Waals surface area contributed by atoms with E-state index < -0.39 is 11.2 Å².